The van der Waals surface area contributed by atoms with Crippen LogP contribution < -0.4 is 18.9 Å². The van der Waals surface area contributed by atoms with E-state index in [1.165, 1.54) is 38.5 Å². The molecular weight excluding hydrogens is 504 g/mol. The van der Waals surface area contributed by atoms with Gasteiger partial charge < -0.3 is 18.9 Å². The summed E-state index contributed by atoms with van der Waals surface area (Å²) in [6.07, 6.45) is 9.35. The number of ether oxygens (including phenoxy) is 4. The molecule has 40 heavy (non-hydrogen) atoms. The fourth-order valence-corrected chi connectivity index (χ4v) is 9.38. The van der Waals surface area contributed by atoms with Crippen LogP contribution >= 0.6 is 0 Å². The van der Waals surface area contributed by atoms with E-state index in [0.717, 1.165) is 24.3 Å². The molecule has 0 unspecified atom stereocenters. The monoisotopic (exact) mass is 544 g/mol. The van der Waals surface area contributed by atoms with Crippen LogP contribution in [0.25, 0.3) is 0 Å². The third-order valence-electron chi connectivity index (χ3n) is 10.9. The second kappa shape index (κ2) is 9.81. The van der Waals surface area contributed by atoms with Gasteiger partial charge in [0.1, 0.15) is 23.0 Å². The highest BCUT2D eigenvalue weighted by molar-refractivity contribution is 5.98. The van der Waals surface area contributed by atoms with Crippen molar-refractivity contribution in [3.8, 4) is 23.0 Å². The number of hydrogen-bond acceptors (Lipinski definition) is 6. The van der Waals surface area contributed by atoms with Crippen LogP contribution in [0.15, 0.2) is 48.5 Å². The summed E-state index contributed by atoms with van der Waals surface area (Å²) in [4.78, 5) is 26.6. The van der Waals surface area contributed by atoms with Crippen molar-refractivity contribution in [1.82, 2.24) is 0 Å². The van der Waals surface area contributed by atoms with E-state index in [1.54, 1.807) is 0 Å². The van der Waals surface area contributed by atoms with Gasteiger partial charge in [-0.3, -0.25) is 9.59 Å². The average molecular weight is 545 g/mol. The van der Waals surface area contributed by atoms with Gasteiger partial charge in [0.15, 0.2) is 0 Å². The number of rotatable bonds is 16. The van der Waals surface area contributed by atoms with E-state index in [2.05, 4.69) is 13.8 Å². The summed E-state index contributed by atoms with van der Waals surface area (Å²) in [6.45, 7) is 5.81. The molecule has 2 aromatic rings. The van der Waals surface area contributed by atoms with Gasteiger partial charge in [0.05, 0.1) is 24.0 Å². The number of unbranched alkanes of at least 4 members (excludes halogenated alkanes) is 6. The van der Waals surface area contributed by atoms with Crippen molar-refractivity contribution in [3.05, 3.63) is 48.5 Å². The van der Waals surface area contributed by atoms with Gasteiger partial charge in [0.25, 0.3) is 0 Å². The predicted molar refractivity (Wildman–Crippen MR) is 149 cm³/mol. The van der Waals surface area contributed by atoms with E-state index >= 15 is 0 Å². The maximum absolute atomic E-state index is 13.3. The molecule has 0 aliphatic heterocycles. The summed E-state index contributed by atoms with van der Waals surface area (Å²) >= 11 is 0. The summed E-state index contributed by atoms with van der Waals surface area (Å²) in [5, 5.41) is 0. The van der Waals surface area contributed by atoms with E-state index in [4.69, 9.17) is 18.9 Å². The van der Waals surface area contributed by atoms with Crippen LogP contribution in [-0.4, -0.2) is 25.2 Å². The van der Waals surface area contributed by atoms with Crippen molar-refractivity contribution in [3.63, 3.8) is 0 Å². The SMILES string of the molecule is CCCCCCOc1ccc(OC(=O)C23C4C5C2C2C3C4C52C(=O)Oc2ccc(OCCCCCC)cc2)cc1. The van der Waals surface area contributed by atoms with Gasteiger partial charge in [0.2, 0.25) is 0 Å². The molecule has 6 fully saturated rings. The first kappa shape index (κ1) is 25.9. The molecule has 6 aliphatic carbocycles. The maximum atomic E-state index is 13.3. The largest absolute Gasteiger partial charge is 0.494 e. The molecule has 0 atom stereocenters. The molecule has 6 saturated carbocycles. The number of benzene rings is 2. The Morgan fingerprint density at radius 2 is 0.850 bits per heavy atom. The molecule has 0 amide bonds. The van der Waals surface area contributed by atoms with Crippen molar-refractivity contribution in [2.45, 2.75) is 65.2 Å². The van der Waals surface area contributed by atoms with E-state index in [1.807, 2.05) is 48.5 Å². The van der Waals surface area contributed by atoms with E-state index in [-0.39, 0.29) is 22.8 Å². The molecule has 0 bridgehead atoms. The van der Waals surface area contributed by atoms with Crippen molar-refractivity contribution in [2.24, 2.45) is 46.3 Å². The van der Waals surface area contributed by atoms with E-state index < -0.39 is 0 Å². The quantitative estimate of drug-likeness (QED) is 0.131. The lowest BCUT2D eigenvalue weighted by Crippen LogP contribution is -3.12. The molecular formula is C34H40O6. The minimum absolute atomic E-state index is 0.101. The highest BCUT2D eigenvalue weighted by Crippen LogP contribution is 3.10. The van der Waals surface area contributed by atoms with Crippen molar-refractivity contribution < 1.29 is 28.5 Å². The van der Waals surface area contributed by atoms with Gasteiger partial charge in [-0.25, -0.2) is 0 Å². The summed E-state index contributed by atoms with van der Waals surface area (Å²) in [7, 11) is 0. The smallest absolute Gasteiger partial charge is 0.318 e. The minimum atomic E-state index is -0.341. The van der Waals surface area contributed by atoms with Gasteiger partial charge in [-0.2, -0.15) is 0 Å². The fourth-order valence-electron chi connectivity index (χ4n) is 9.38. The van der Waals surface area contributed by atoms with Crippen molar-refractivity contribution in [2.75, 3.05) is 13.2 Å². The Labute approximate surface area is 236 Å². The molecule has 0 spiro atoms. The zero-order chi connectivity index (χ0) is 27.5. The Kier molecular flexibility index (Phi) is 6.36. The molecule has 6 aliphatic rings. The average Bonchev–Trinajstić information content (AvgIpc) is 2.98. The number of esters is 2. The summed E-state index contributed by atoms with van der Waals surface area (Å²) in [6, 6.07) is 14.8. The number of hydrogen-bond donors (Lipinski definition) is 0. The molecule has 0 saturated heterocycles. The van der Waals surface area contributed by atoms with Gasteiger partial charge >= 0.3 is 11.9 Å². The van der Waals surface area contributed by atoms with Gasteiger partial charge in [-0.15, -0.1) is 0 Å². The lowest BCUT2D eigenvalue weighted by atomic mass is 8.92. The molecule has 2 aromatic carbocycles. The van der Waals surface area contributed by atoms with Crippen LogP contribution in [0.3, 0.4) is 0 Å². The normalized spacial score (nSPS) is 34.1. The van der Waals surface area contributed by atoms with Crippen molar-refractivity contribution in [1.29, 1.82) is 0 Å². The lowest BCUT2D eigenvalue weighted by Gasteiger charge is -3.08. The third kappa shape index (κ3) is 3.28. The molecule has 212 valence electrons. The highest BCUT2D eigenvalue weighted by Gasteiger charge is 3.13. The Balaban J connectivity index is 0.891. The standard InChI is InChI=1S/C34H40O6/c1-3-5-7-9-19-37-21-11-15-23(16-12-21)39-31(35)33-25-28-26(33)30-27(33)29(25)34(28,30)32(36)40-24-17-13-22(14-18-24)38-20-10-8-6-4-2/h11-18,25-30H,3-10,19-20H2,1-2H3. The Bertz CT molecular complexity index is 1110. The predicted octanol–water partition coefficient (Wildman–Crippen LogP) is 6.85. The van der Waals surface area contributed by atoms with Crippen LogP contribution in [0, 0.1) is 46.3 Å². The fraction of sp³-hybridized carbons (Fsp3) is 0.588. The summed E-state index contributed by atoms with van der Waals surface area (Å²) < 4.78 is 23.3. The molecule has 0 aromatic heterocycles. The molecule has 6 heteroatoms. The van der Waals surface area contributed by atoms with Crippen LogP contribution in [0.5, 0.6) is 23.0 Å². The molecule has 6 nitrogen and oxygen atoms in total. The first-order valence-electron chi connectivity index (χ1n) is 15.5. The van der Waals surface area contributed by atoms with Crippen LogP contribution in [-0.2, 0) is 9.59 Å². The Hall–Kier alpha value is -3.02. The summed E-state index contributed by atoms with van der Waals surface area (Å²) in [5.74, 6) is 4.30. The van der Waals surface area contributed by atoms with Gasteiger partial charge in [-0.05, 0) is 96.9 Å². The zero-order valence-electron chi connectivity index (χ0n) is 23.6. The number of carbonyl (C=O) groups is 2. The number of carbonyl (C=O) groups excluding carboxylic acids is 2. The molecule has 0 N–H and O–H groups in total. The first-order valence-corrected chi connectivity index (χ1v) is 15.5. The summed E-state index contributed by atoms with van der Waals surface area (Å²) in [5.41, 5.74) is -0.681. The van der Waals surface area contributed by atoms with Crippen LogP contribution in [0.4, 0.5) is 0 Å². The second-order valence-corrected chi connectivity index (χ2v) is 12.6. The zero-order valence-corrected chi connectivity index (χ0v) is 23.6. The lowest BCUT2D eigenvalue weighted by molar-refractivity contribution is -0.627. The highest BCUT2D eigenvalue weighted by atomic mass is 16.5. The molecule has 8 rings (SSSR count). The molecule has 0 heterocycles. The third-order valence-corrected chi connectivity index (χ3v) is 10.9. The molecule has 0 radical (unpaired) electrons. The van der Waals surface area contributed by atoms with E-state index in [9.17, 15) is 9.59 Å². The van der Waals surface area contributed by atoms with E-state index in [0.29, 0.717) is 60.2 Å². The van der Waals surface area contributed by atoms with Crippen molar-refractivity contribution >= 4 is 11.9 Å². The Morgan fingerprint density at radius 1 is 0.525 bits per heavy atom. The Morgan fingerprint density at radius 3 is 1.18 bits per heavy atom. The topological polar surface area (TPSA) is 71.1 Å². The first-order chi connectivity index (χ1) is 19.6. The van der Waals surface area contributed by atoms with Crippen LogP contribution in [0.2, 0.25) is 0 Å². The minimum Gasteiger partial charge on any atom is -0.494 e. The van der Waals surface area contributed by atoms with Gasteiger partial charge in [0, 0.05) is 0 Å². The van der Waals surface area contributed by atoms with Crippen LogP contribution in [0.1, 0.15) is 65.2 Å². The van der Waals surface area contributed by atoms with Gasteiger partial charge in [-0.1, -0.05) is 52.4 Å². The second-order valence-electron chi connectivity index (χ2n) is 12.6. The maximum Gasteiger partial charge on any atom is 0.318 e.